The second-order valence-electron chi connectivity index (χ2n) is 12.2. The summed E-state index contributed by atoms with van der Waals surface area (Å²) in [5.74, 6) is 0.680. The zero-order valence-electron chi connectivity index (χ0n) is 25.8. The van der Waals surface area contributed by atoms with Crippen molar-refractivity contribution in [1.29, 1.82) is 0 Å². The van der Waals surface area contributed by atoms with Crippen molar-refractivity contribution in [2.75, 3.05) is 0 Å². The third-order valence-corrected chi connectivity index (χ3v) is 9.39. The van der Waals surface area contributed by atoms with Gasteiger partial charge in [-0.2, -0.15) is 0 Å². The fraction of sp³-hybridized carbons (Fsp3) is 0. The number of nitrogens with zero attached hydrogens (tertiary/aromatic N) is 3. The Kier molecular flexibility index (Phi) is 5.84. The predicted octanol–water partition coefficient (Wildman–Crippen LogP) is 11.6. The maximum Gasteiger partial charge on any atom is 0.180 e. The highest BCUT2D eigenvalue weighted by Crippen LogP contribution is 2.40. The molecule has 4 heteroatoms. The summed E-state index contributed by atoms with van der Waals surface area (Å²) in [6.07, 6.45) is 0. The smallest absolute Gasteiger partial charge is 0.180 e. The minimum absolute atomic E-state index is 0.680. The lowest BCUT2D eigenvalue weighted by molar-refractivity contribution is 0.668. The lowest BCUT2D eigenvalue weighted by Crippen LogP contribution is -1.93. The molecule has 0 saturated carbocycles. The van der Waals surface area contributed by atoms with Crippen LogP contribution in [0.15, 0.2) is 168 Å². The lowest BCUT2D eigenvalue weighted by atomic mass is 9.99. The molecule has 224 valence electrons. The van der Waals surface area contributed by atoms with Gasteiger partial charge in [0.25, 0.3) is 0 Å². The maximum atomic E-state index is 6.75. The van der Waals surface area contributed by atoms with Gasteiger partial charge >= 0.3 is 0 Å². The van der Waals surface area contributed by atoms with Gasteiger partial charge in [-0.3, -0.25) is 0 Å². The molecule has 3 heterocycles. The molecule has 0 unspecified atom stereocenters. The first-order valence-electron chi connectivity index (χ1n) is 16.2. The topological polar surface area (TPSA) is 43.9 Å². The molecule has 0 radical (unpaired) electrons. The van der Waals surface area contributed by atoms with E-state index in [1.807, 2.05) is 48.5 Å². The van der Waals surface area contributed by atoms with E-state index in [1.165, 1.54) is 32.6 Å². The van der Waals surface area contributed by atoms with E-state index in [-0.39, 0.29) is 0 Å². The number of para-hydroxylation sites is 3. The Hall–Kier alpha value is -6.52. The van der Waals surface area contributed by atoms with Crippen molar-refractivity contribution in [3.63, 3.8) is 0 Å². The Balaban J connectivity index is 1.14. The molecule has 0 aliphatic rings. The van der Waals surface area contributed by atoms with Crippen LogP contribution in [0.2, 0.25) is 0 Å². The van der Waals surface area contributed by atoms with Crippen LogP contribution < -0.4 is 0 Å². The van der Waals surface area contributed by atoms with Crippen LogP contribution >= 0.6 is 0 Å². The monoisotopic (exact) mass is 613 g/mol. The van der Waals surface area contributed by atoms with E-state index >= 15 is 0 Å². The third-order valence-electron chi connectivity index (χ3n) is 9.39. The van der Waals surface area contributed by atoms with Crippen LogP contribution in [0.4, 0.5) is 0 Å². The minimum atomic E-state index is 0.680. The minimum Gasteiger partial charge on any atom is -0.451 e. The van der Waals surface area contributed by atoms with E-state index in [4.69, 9.17) is 14.4 Å². The molecule has 0 N–H and O–H groups in total. The molecule has 3 aromatic heterocycles. The first kappa shape index (κ1) is 26.7. The first-order chi connectivity index (χ1) is 23.8. The van der Waals surface area contributed by atoms with Crippen LogP contribution in [0.5, 0.6) is 0 Å². The van der Waals surface area contributed by atoms with Crippen molar-refractivity contribution in [1.82, 2.24) is 14.5 Å². The van der Waals surface area contributed by atoms with Gasteiger partial charge in [0.2, 0.25) is 0 Å². The molecule has 0 atom stereocenters. The van der Waals surface area contributed by atoms with Gasteiger partial charge in [-0.25, -0.2) is 9.97 Å². The van der Waals surface area contributed by atoms with Crippen LogP contribution in [0, 0.1) is 0 Å². The number of aromatic nitrogens is 3. The van der Waals surface area contributed by atoms with E-state index < -0.39 is 0 Å². The fourth-order valence-electron chi connectivity index (χ4n) is 7.14. The van der Waals surface area contributed by atoms with Gasteiger partial charge in [0.15, 0.2) is 11.4 Å². The second kappa shape index (κ2) is 10.5. The Labute approximate surface area is 276 Å². The van der Waals surface area contributed by atoms with Crippen LogP contribution in [0.25, 0.3) is 94.1 Å². The SMILES string of the molecule is c1ccc(-c2nc(-c3ccccc3)c3oc4c(-c5ccc6cc(-n7c8ccccc8c8ccccc87)ccc6c5)cccc4c3n2)cc1. The largest absolute Gasteiger partial charge is 0.451 e. The van der Waals surface area contributed by atoms with Crippen molar-refractivity contribution in [3.8, 4) is 39.5 Å². The van der Waals surface area contributed by atoms with E-state index in [1.54, 1.807) is 0 Å². The zero-order valence-corrected chi connectivity index (χ0v) is 25.8. The summed E-state index contributed by atoms with van der Waals surface area (Å²) in [5.41, 5.74) is 10.8. The molecule has 0 amide bonds. The molecule has 7 aromatic carbocycles. The Morgan fingerprint density at radius 1 is 0.438 bits per heavy atom. The number of rotatable bonds is 4. The average molecular weight is 614 g/mol. The fourth-order valence-corrected chi connectivity index (χ4v) is 7.14. The number of hydrogen-bond acceptors (Lipinski definition) is 3. The zero-order chi connectivity index (χ0) is 31.6. The van der Waals surface area contributed by atoms with Crippen molar-refractivity contribution in [2.24, 2.45) is 0 Å². The standard InChI is InChI=1S/C44H27N3O/c1-3-12-28(13-4-1)40-43-41(46-44(45-40)29-14-5-2-6-15-29)37-19-11-18-34(42(37)48-43)32-23-22-31-27-33(25-24-30(31)26-32)47-38-20-9-7-16-35(38)36-17-8-10-21-39(36)47/h1-27H. The van der Waals surface area contributed by atoms with Crippen LogP contribution in [0.1, 0.15) is 0 Å². The normalized spacial score (nSPS) is 11.8. The van der Waals surface area contributed by atoms with Crippen molar-refractivity contribution < 1.29 is 4.42 Å². The van der Waals surface area contributed by atoms with Gasteiger partial charge < -0.3 is 8.98 Å². The molecule has 0 aliphatic heterocycles. The van der Waals surface area contributed by atoms with E-state index in [9.17, 15) is 0 Å². The lowest BCUT2D eigenvalue weighted by Gasteiger charge is -2.10. The summed E-state index contributed by atoms with van der Waals surface area (Å²) in [6, 6.07) is 57.3. The molecule has 0 saturated heterocycles. The van der Waals surface area contributed by atoms with Crippen molar-refractivity contribution in [3.05, 3.63) is 164 Å². The van der Waals surface area contributed by atoms with E-state index in [0.717, 1.165) is 50.1 Å². The molecule has 48 heavy (non-hydrogen) atoms. The molecule has 10 rings (SSSR count). The van der Waals surface area contributed by atoms with E-state index in [0.29, 0.717) is 11.4 Å². The number of hydrogen-bond donors (Lipinski definition) is 0. The van der Waals surface area contributed by atoms with Gasteiger partial charge in [-0.05, 0) is 52.7 Å². The molecule has 0 aliphatic carbocycles. The summed E-state index contributed by atoms with van der Waals surface area (Å²) in [5, 5.41) is 5.85. The summed E-state index contributed by atoms with van der Waals surface area (Å²) >= 11 is 0. The van der Waals surface area contributed by atoms with E-state index in [2.05, 4.69) is 120 Å². The first-order valence-corrected chi connectivity index (χ1v) is 16.2. The highest BCUT2D eigenvalue weighted by molar-refractivity contribution is 6.12. The van der Waals surface area contributed by atoms with Gasteiger partial charge in [0, 0.05) is 38.5 Å². The molecule has 0 fully saturated rings. The number of furan rings is 1. The Morgan fingerprint density at radius 3 is 1.81 bits per heavy atom. The molecule has 10 aromatic rings. The molecular formula is C44H27N3O. The Bertz CT molecular complexity index is 2780. The summed E-state index contributed by atoms with van der Waals surface area (Å²) < 4.78 is 9.11. The van der Waals surface area contributed by atoms with Crippen LogP contribution in [-0.2, 0) is 0 Å². The summed E-state index contributed by atoms with van der Waals surface area (Å²) in [7, 11) is 0. The molecule has 4 nitrogen and oxygen atoms in total. The van der Waals surface area contributed by atoms with Crippen molar-refractivity contribution in [2.45, 2.75) is 0 Å². The molecule has 0 spiro atoms. The quantitative estimate of drug-likeness (QED) is 0.198. The number of benzene rings is 7. The predicted molar refractivity (Wildman–Crippen MR) is 197 cm³/mol. The summed E-state index contributed by atoms with van der Waals surface area (Å²) in [6.45, 7) is 0. The van der Waals surface area contributed by atoms with Crippen molar-refractivity contribution >= 4 is 54.6 Å². The molecular weight excluding hydrogens is 587 g/mol. The highest BCUT2D eigenvalue weighted by Gasteiger charge is 2.20. The van der Waals surface area contributed by atoms with Crippen LogP contribution in [-0.4, -0.2) is 14.5 Å². The van der Waals surface area contributed by atoms with Gasteiger partial charge in [-0.1, -0.05) is 127 Å². The molecule has 0 bridgehead atoms. The Morgan fingerprint density at radius 2 is 1.06 bits per heavy atom. The second-order valence-corrected chi connectivity index (χ2v) is 12.2. The maximum absolute atomic E-state index is 6.75. The van der Waals surface area contributed by atoms with Gasteiger partial charge in [0.05, 0.1) is 11.0 Å². The van der Waals surface area contributed by atoms with Gasteiger partial charge in [0.1, 0.15) is 16.8 Å². The third kappa shape index (κ3) is 4.10. The van der Waals surface area contributed by atoms with Gasteiger partial charge in [-0.15, -0.1) is 0 Å². The summed E-state index contributed by atoms with van der Waals surface area (Å²) in [4.78, 5) is 10.1. The average Bonchev–Trinajstić information content (AvgIpc) is 3.71. The van der Waals surface area contributed by atoms with Crippen LogP contribution in [0.3, 0.4) is 0 Å². The highest BCUT2D eigenvalue weighted by atomic mass is 16.3. The number of fused-ring (bicyclic) bond motifs is 7.